The molecule has 7 nitrogen and oxygen atoms in total. The molecule has 1 aromatic carbocycles. The fraction of sp³-hybridized carbons (Fsp3) is 0.333. The molecular formula is C18H17F4N3O4S. The number of aromatic nitrogens is 1. The Balaban J connectivity index is 0.000000269. The van der Waals surface area contributed by atoms with E-state index in [0.717, 1.165) is 24.1 Å². The number of nitrogens with zero attached hydrogens (tertiary/aromatic N) is 3. The molecule has 0 bridgehead atoms. The van der Waals surface area contributed by atoms with E-state index >= 15 is 0 Å². The van der Waals surface area contributed by atoms with Gasteiger partial charge in [-0.25, -0.2) is 13.7 Å². The molecule has 30 heavy (non-hydrogen) atoms. The van der Waals surface area contributed by atoms with E-state index in [-0.39, 0.29) is 24.5 Å². The lowest BCUT2D eigenvalue weighted by Crippen LogP contribution is -2.35. The highest BCUT2D eigenvalue weighted by molar-refractivity contribution is 7.97. The smallest absolute Gasteiger partial charge is 0.508 e. The van der Waals surface area contributed by atoms with Crippen molar-refractivity contribution in [3.05, 3.63) is 47.8 Å². The third-order valence-electron chi connectivity index (χ3n) is 3.81. The normalized spacial score (nSPS) is 19.0. The summed E-state index contributed by atoms with van der Waals surface area (Å²) in [4.78, 5) is 3.73. The number of hydrogen-bond acceptors (Lipinski definition) is 8. The molecular weight excluding hydrogens is 430 g/mol. The highest BCUT2D eigenvalue weighted by Crippen LogP contribution is 2.31. The number of rotatable bonds is 4. The van der Waals surface area contributed by atoms with Gasteiger partial charge in [0, 0.05) is 25.2 Å². The first kappa shape index (κ1) is 23.7. The van der Waals surface area contributed by atoms with Crippen LogP contribution >= 0.6 is 11.9 Å². The summed E-state index contributed by atoms with van der Waals surface area (Å²) in [5.41, 5.74) is -1.22. The maximum atomic E-state index is 12.5. The van der Waals surface area contributed by atoms with Crippen molar-refractivity contribution in [2.45, 2.75) is 23.4 Å². The molecule has 0 radical (unpaired) electrons. The third-order valence-corrected chi connectivity index (χ3v) is 4.79. The van der Waals surface area contributed by atoms with Gasteiger partial charge in [0.25, 0.3) is 0 Å². The van der Waals surface area contributed by atoms with Crippen LogP contribution < -0.4 is 4.74 Å². The van der Waals surface area contributed by atoms with Crippen LogP contribution in [0.1, 0.15) is 12.0 Å². The molecule has 1 fully saturated rings. The predicted octanol–water partition coefficient (Wildman–Crippen LogP) is 2.82. The van der Waals surface area contributed by atoms with E-state index in [1.165, 1.54) is 18.2 Å². The second-order valence-corrected chi connectivity index (χ2v) is 7.34. The molecule has 1 aliphatic rings. The number of phenolic OH excluding ortho intramolecular Hbond substituents is 1. The van der Waals surface area contributed by atoms with Gasteiger partial charge in [0.05, 0.1) is 12.2 Å². The molecule has 3 rings (SSSR count). The number of ether oxygens (including phenoxy) is 1. The van der Waals surface area contributed by atoms with Gasteiger partial charge in [0.1, 0.15) is 28.3 Å². The Hall–Kier alpha value is -2.59. The first-order valence-corrected chi connectivity index (χ1v) is 9.18. The van der Waals surface area contributed by atoms with Crippen molar-refractivity contribution in [2.24, 2.45) is 0 Å². The minimum Gasteiger partial charge on any atom is -0.508 e. The highest BCUT2D eigenvalue weighted by Gasteiger charge is 2.36. The molecule has 1 aromatic heterocycles. The van der Waals surface area contributed by atoms with Crippen molar-refractivity contribution < 1.29 is 37.6 Å². The minimum absolute atomic E-state index is 0.0576. The number of benzene rings is 1. The van der Waals surface area contributed by atoms with Crippen molar-refractivity contribution in [2.75, 3.05) is 19.7 Å². The number of pyridine rings is 1. The first-order valence-electron chi connectivity index (χ1n) is 8.41. The van der Waals surface area contributed by atoms with Gasteiger partial charge >= 0.3 is 6.36 Å². The van der Waals surface area contributed by atoms with Crippen LogP contribution in [0.2, 0.25) is 0 Å². The van der Waals surface area contributed by atoms with E-state index in [0.29, 0.717) is 18.0 Å². The van der Waals surface area contributed by atoms with Crippen molar-refractivity contribution >= 4 is 11.9 Å². The molecule has 2 aromatic rings. The summed E-state index contributed by atoms with van der Waals surface area (Å²) in [5.74, 6) is -1.39. The van der Waals surface area contributed by atoms with E-state index in [1.54, 1.807) is 16.4 Å². The fourth-order valence-electron chi connectivity index (χ4n) is 2.38. The van der Waals surface area contributed by atoms with Gasteiger partial charge in [-0.3, -0.25) is 0 Å². The van der Waals surface area contributed by atoms with Crippen LogP contribution in [0.4, 0.5) is 17.6 Å². The Morgan fingerprint density at radius 1 is 1.30 bits per heavy atom. The van der Waals surface area contributed by atoms with Crippen molar-refractivity contribution in [1.29, 1.82) is 5.26 Å². The Morgan fingerprint density at radius 3 is 2.60 bits per heavy atom. The largest absolute Gasteiger partial charge is 0.574 e. The number of aliphatic hydroxyl groups excluding tert-OH is 1. The van der Waals surface area contributed by atoms with Crippen LogP contribution in [0.3, 0.4) is 0 Å². The highest BCUT2D eigenvalue weighted by atomic mass is 32.2. The second kappa shape index (κ2) is 9.94. The Kier molecular flexibility index (Phi) is 7.85. The lowest BCUT2D eigenvalue weighted by Gasteiger charge is -2.19. The summed E-state index contributed by atoms with van der Waals surface area (Å²) in [7, 11) is 0. The molecule has 0 saturated carbocycles. The van der Waals surface area contributed by atoms with Gasteiger partial charge < -0.3 is 20.1 Å². The average molecular weight is 447 g/mol. The molecule has 1 unspecified atom stereocenters. The molecule has 0 amide bonds. The van der Waals surface area contributed by atoms with Gasteiger partial charge in [-0.15, -0.1) is 13.2 Å². The maximum Gasteiger partial charge on any atom is 0.574 e. The van der Waals surface area contributed by atoms with Crippen LogP contribution in [0.5, 0.6) is 11.6 Å². The van der Waals surface area contributed by atoms with Gasteiger partial charge in [-0.05, 0) is 36.6 Å². The van der Waals surface area contributed by atoms with E-state index in [9.17, 15) is 22.7 Å². The summed E-state index contributed by atoms with van der Waals surface area (Å²) in [6.07, 6.45) is -4.38. The molecule has 162 valence electrons. The SMILES string of the molecule is N#Cc1ccc(O)cc1F.OCC1(O)CCN(Sc2cccc(OC(F)(F)F)n2)C1. The molecule has 12 heteroatoms. The number of aromatic hydroxyl groups is 1. The lowest BCUT2D eigenvalue weighted by molar-refractivity contribution is -0.276. The van der Waals surface area contributed by atoms with Crippen LogP contribution in [0.15, 0.2) is 41.4 Å². The predicted molar refractivity (Wildman–Crippen MR) is 97.8 cm³/mol. The fourth-order valence-corrected chi connectivity index (χ4v) is 3.40. The Labute approximate surface area is 173 Å². The number of aliphatic hydroxyl groups is 2. The van der Waals surface area contributed by atoms with E-state index in [1.807, 2.05) is 0 Å². The summed E-state index contributed by atoms with van der Waals surface area (Å²) in [5, 5.41) is 36.1. The first-order chi connectivity index (χ1) is 14.0. The molecule has 1 atom stereocenters. The van der Waals surface area contributed by atoms with Crippen molar-refractivity contribution in [3.8, 4) is 17.7 Å². The molecule has 0 spiro atoms. The summed E-state index contributed by atoms with van der Waals surface area (Å²) < 4.78 is 54.2. The zero-order valence-corrected chi connectivity index (χ0v) is 16.1. The van der Waals surface area contributed by atoms with Crippen molar-refractivity contribution in [1.82, 2.24) is 9.29 Å². The maximum absolute atomic E-state index is 12.5. The van der Waals surface area contributed by atoms with Gasteiger partial charge in [-0.2, -0.15) is 5.26 Å². The van der Waals surface area contributed by atoms with Crippen LogP contribution in [0.25, 0.3) is 0 Å². The zero-order valence-electron chi connectivity index (χ0n) is 15.3. The number of nitriles is 1. The summed E-state index contributed by atoms with van der Waals surface area (Å²) in [6.45, 7) is 0.378. The van der Waals surface area contributed by atoms with E-state index in [2.05, 4.69) is 9.72 Å². The summed E-state index contributed by atoms with van der Waals surface area (Å²) in [6, 6.07) is 9.10. The monoisotopic (exact) mass is 447 g/mol. The molecule has 3 N–H and O–H groups in total. The van der Waals surface area contributed by atoms with Crippen LogP contribution in [-0.2, 0) is 0 Å². The third kappa shape index (κ3) is 7.34. The number of halogens is 4. The van der Waals surface area contributed by atoms with E-state index < -0.39 is 23.7 Å². The second-order valence-electron chi connectivity index (χ2n) is 6.23. The van der Waals surface area contributed by atoms with Gasteiger partial charge in [-0.1, -0.05) is 6.07 Å². The average Bonchev–Trinajstić information content (AvgIpc) is 3.03. The Morgan fingerprint density at radius 2 is 2.03 bits per heavy atom. The number of hydrogen-bond donors (Lipinski definition) is 3. The standard InChI is InChI=1S/C11H13F3N2O3S.C7H4FNO/c12-11(13,14)19-8-2-1-3-9(15-8)20-16-5-4-10(18,6-16)7-17;8-7-3-6(10)2-1-5(7)4-9/h1-3,17-18H,4-7H2;1-3,10H. The van der Waals surface area contributed by atoms with E-state index in [4.69, 9.17) is 15.5 Å². The molecule has 0 aliphatic carbocycles. The topological polar surface area (TPSA) is 110 Å². The zero-order chi connectivity index (χ0) is 22.4. The number of alkyl halides is 3. The summed E-state index contributed by atoms with van der Waals surface area (Å²) >= 11 is 1.11. The molecule has 1 saturated heterocycles. The quantitative estimate of drug-likeness (QED) is 0.485. The molecule has 1 aliphatic heterocycles. The Bertz CT molecular complexity index is 910. The van der Waals surface area contributed by atoms with Crippen LogP contribution in [-0.4, -0.2) is 56.3 Å². The van der Waals surface area contributed by atoms with Crippen LogP contribution in [0, 0.1) is 17.1 Å². The van der Waals surface area contributed by atoms with Crippen molar-refractivity contribution in [3.63, 3.8) is 0 Å². The minimum atomic E-state index is -4.78. The van der Waals surface area contributed by atoms with Gasteiger partial charge in [0.2, 0.25) is 5.88 Å². The molecule has 2 heterocycles. The lowest BCUT2D eigenvalue weighted by atomic mass is 10.1. The van der Waals surface area contributed by atoms with Gasteiger partial charge in [0.15, 0.2) is 0 Å². The number of phenols is 1. The number of β-amino-alcohol motifs (C(OH)–C–C–N with tert-alkyl or cyclic N) is 1.